The van der Waals surface area contributed by atoms with Gasteiger partial charge in [0.2, 0.25) is 0 Å². The molecule has 2 aromatic carbocycles. The lowest BCUT2D eigenvalue weighted by atomic mass is 10.0. The van der Waals surface area contributed by atoms with E-state index >= 15 is 0 Å². The number of ether oxygens (including phenoxy) is 3. The van der Waals surface area contributed by atoms with Gasteiger partial charge in [-0.15, -0.1) is 0 Å². The first kappa shape index (κ1) is 16.1. The van der Waals surface area contributed by atoms with Gasteiger partial charge in [-0.25, -0.2) is 4.39 Å². The number of fused-ring (bicyclic) bond motifs is 1. The minimum absolute atomic E-state index is 0.165. The lowest BCUT2D eigenvalue weighted by molar-refractivity contribution is 0.0911. The second-order valence-corrected chi connectivity index (χ2v) is 5.50. The van der Waals surface area contributed by atoms with Gasteiger partial charge in [-0.05, 0) is 36.2 Å². The van der Waals surface area contributed by atoms with Crippen LogP contribution in [0.2, 0.25) is 0 Å². The summed E-state index contributed by atoms with van der Waals surface area (Å²) < 4.78 is 29.4. The lowest BCUT2D eigenvalue weighted by Crippen LogP contribution is -2.42. The molecule has 24 heavy (non-hydrogen) atoms. The van der Waals surface area contributed by atoms with Crippen LogP contribution in [0.4, 0.5) is 4.39 Å². The number of halogens is 1. The highest BCUT2D eigenvalue weighted by Gasteiger charge is 2.23. The SMILES string of the molecule is COc1ccc2c(c1)OCC(NC(=O)c1cc(F)ccc1OC)C2. The summed E-state index contributed by atoms with van der Waals surface area (Å²) in [4.78, 5) is 12.4. The van der Waals surface area contributed by atoms with Crippen molar-refractivity contribution in [2.75, 3.05) is 20.8 Å². The van der Waals surface area contributed by atoms with Gasteiger partial charge in [0.15, 0.2) is 0 Å². The molecule has 0 radical (unpaired) electrons. The zero-order valence-corrected chi connectivity index (χ0v) is 13.5. The molecule has 1 N–H and O–H groups in total. The van der Waals surface area contributed by atoms with Crippen LogP contribution in [0.15, 0.2) is 36.4 Å². The Kier molecular flexibility index (Phi) is 4.55. The number of benzene rings is 2. The third kappa shape index (κ3) is 3.27. The van der Waals surface area contributed by atoms with Gasteiger partial charge < -0.3 is 19.5 Å². The van der Waals surface area contributed by atoms with Crippen molar-refractivity contribution in [1.29, 1.82) is 0 Å². The normalized spacial score (nSPS) is 15.9. The van der Waals surface area contributed by atoms with Crippen LogP contribution >= 0.6 is 0 Å². The van der Waals surface area contributed by atoms with Crippen molar-refractivity contribution in [3.8, 4) is 17.2 Å². The van der Waals surface area contributed by atoms with E-state index in [2.05, 4.69) is 5.32 Å². The van der Waals surface area contributed by atoms with Gasteiger partial charge in [-0.3, -0.25) is 4.79 Å². The summed E-state index contributed by atoms with van der Waals surface area (Å²) in [5, 5.41) is 2.86. The number of hydrogen-bond acceptors (Lipinski definition) is 4. The van der Waals surface area contributed by atoms with Gasteiger partial charge >= 0.3 is 0 Å². The minimum Gasteiger partial charge on any atom is -0.497 e. The van der Waals surface area contributed by atoms with E-state index in [1.54, 1.807) is 7.11 Å². The summed E-state index contributed by atoms with van der Waals surface area (Å²) in [6, 6.07) is 9.23. The first-order chi connectivity index (χ1) is 11.6. The molecule has 1 amide bonds. The second-order valence-electron chi connectivity index (χ2n) is 5.50. The van der Waals surface area contributed by atoms with Crippen LogP contribution in [0.3, 0.4) is 0 Å². The van der Waals surface area contributed by atoms with Crippen molar-refractivity contribution in [1.82, 2.24) is 5.32 Å². The molecule has 1 aliphatic heterocycles. The summed E-state index contributed by atoms with van der Waals surface area (Å²) in [7, 11) is 3.04. The first-order valence-electron chi connectivity index (χ1n) is 7.55. The van der Waals surface area contributed by atoms with E-state index in [1.807, 2.05) is 18.2 Å². The molecule has 0 saturated heterocycles. The van der Waals surface area contributed by atoms with Crippen molar-refractivity contribution in [2.24, 2.45) is 0 Å². The van der Waals surface area contributed by atoms with Gasteiger partial charge in [-0.1, -0.05) is 6.07 Å². The van der Waals surface area contributed by atoms with Gasteiger partial charge in [0.25, 0.3) is 5.91 Å². The van der Waals surface area contributed by atoms with Crippen LogP contribution < -0.4 is 19.5 Å². The largest absolute Gasteiger partial charge is 0.497 e. The fourth-order valence-electron chi connectivity index (χ4n) is 2.69. The van der Waals surface area contributed by atoms with Crippen molar-refractivity contribution < 1.29 is 23.4 Å². The third-order valence-corrected chi connectivity index (χ3v) is 3.92. The molecule has 1 aliphatic rings. The summed E-state index contributed by atoms with van der Waals surface area (Å²) in [6.07, 6.45) is 0.628. The number of carbonyl (C=O) groups is 1. The molecule has 0 aliphatic carbocycles. The Morgan fingerprint density at radius 2 is 2.04 bits per heavy atom. The number of carbonyl (C=O) groups excluding carboxylic acids is 1. The zero-order chi connectivity index (χ0) is 17.1. The molecule has 1 unspecified atom stereocenters. The van der Waals surface area contributed by atoms with Crippen LogP contribution in [0.25, 0.3) is 0 Å². The molecule has 6 heteroatoms. The molecular weight excluding hydrogens is 313 g/mol. The number of nitrogens with one attached hydrogen (secondary N) is 1. The van der Waals surface area contributed by atoms with Gasteiger partial charge in [0.1, 0.15) is 29.7 Å². The van der Waals surface area contributed by atoms with E-state index in [9.17, 15) is 9.18 Å². The van der Waals surface area contributed by atoms with Crippen LogP contribution in [-0.4, -0.2) is 32.8 Å². The van der Waals surface area contributed by atoms with Crippen molar-refractivity contribution >= 4 is 5.91 Å². The number of hydrogen-bond donors (Lipinski definition) is 1. The predicted molar refractivity (Wildman–Crippen MR) is 86.4 cm³/mol. The Hall–Kier alpha value is -2.76. The van der Waals surface area contributed by atoms with Gasteiger partial charge in [0, 0.05) is 6.07 Å². The van der Waals surface area contributed by atoms with E-state index in [1.165, 1.54) is 19.2 Å². The quantitative estimate of drug-likeness (QED) is 0.935. The molecule has 1 heterocycles. The number of rotatable bonds is 4. The zero-order valence-electron chi connectivity index (χ0n) is 13.5. The van der Waals surface area contributed by atoms with Crippen LogP contribution in [0.1, 0.15) is 15.9 Å². The molecule has 1 atom stereocenters. The van der Waals surface area contributed by atoms with Gasteiger partial charge in [-0.2, -0.15) is 0 Å². The average Bonchev–Trinajstić information content (AvgIpc) is 2.61. The fraction of sp³-hybridized carbons (Fsp3) is 0.278. The predicted octanol–water partition coefficient (Wildman–Crippen LogP) is 2.58. The standard InChI is InChI=1S/C18H18FNO4/c1-22-14-5-3-11-7-13(10-24-17(11)9-14)20-18(21)15-8-12(19)4-6-16(15)23-2/h3-6,8-9,13H,7,10H2,1-2H3,(H,20,21). The van der Waals surface area contributed by atoms with E-state index in [0.717, 1.165) is 23.1 Å². The molecule has 0 aromatic heterocycles. The summed E-state index contributed by atoms with van der Waals surface area (Å²) >= 11 is 0. The molecule has 2 aromatic rings. The van der Waals surface area contributed by atoms with E-state index < -0.39 is 11.7 Å². The Bertz CT molecular complexity index is 763. The highest BCUT2D eigenvalue weighted by Crippen LogP contribution is 2.29. The summed E-state index contributed by atoms with van der Waals surface area (Å²) in [5.41, 5.74) is 1.15. The summed E-state index contributed by atoms with van der Waals surface area (Å²) in [5.74, 6) is 0.926. The molecular formula is C18H18FNO4. The third-order valence-electron chi connectivity index (χ3n) is 3.92. The highest BCUT2D eigenvalue weighted by atomic mass is 19.1. The molecule has 5 nitrogen and oxygen atoms in total. The lowest BCUT2D eigenvalue weighted by Gasteiger charge is -2.26. The molecule has 3 rings (SSSR count). The monoisotopic (exact) mass is 331 g/mol. The van der Waals surface area contributed by atoms with E-state index in [0.29, 0.717) is 18.8 Å². The Morgan fingerprint density at radius 3 is 2.79 bits per heavy atom. The minimum atomic E-state index is -0.488. The molecule has 126 valence electrons. The second kappa shape index (κ2) is 6.78. The Labute approximate surface area is 139 Å². The van der Waals surface area contributed by atoms with Gasteiger partial charge in [0.05, 0.1) is 25.8 Å². The smallest absolute Gasteiger partial charge is 0.255 e. The summed E-state index contributed by atoms with van der Waals surface area (Å²) in [6.45, 7) is 0.337. The Balaban J connectivity index is 1.73. The van der Waals surface area contributed by atoms with Crippen LogP contribution in [0.5, 0.6) is 17.2 Å². The fourth-order valence-corrected chi connectivity index (χ4v) is 2.69. The van der Waals surface area contributed by atoms with Crippen LogP contribution in [0, 0.1) is 5.82 Å². The van der Waals surface area contributed by atoms with Crippen molar-refractivity contribution in [3.63, 3.8) is 0 Å². The molecule has 0 bridgehead atoms. The molecule has 0 saturated carbocycles. The van der Waals surface area contributed by atoms with E-state index in [-0.39, 0.29) is 11.6 Å². The maximum Gasteiger partial charge on any atom is 0.255 e. The number of amides is 1. The van der Waals surface area contributed by atoms with E-state index in [4.69, 9.17) is 14.2 Å². The first-order valence-corrected chi connectivity index (χ1v) is 7.55. The maximum atomic E-state index is 13.4. The highest BCUT2D eigenvalue weighted by molar-refractivity contribution is 5.97. The topological polar surface area (TPSA) is 56.8 Å². The van der Waals surface area contributed by atoms with Crippen LogP contribution in [-0.2, 0) is 6.42 Å². The molecule has 0 spiro atoms. The number of methoxy groups -OCH3 is 2. The van der Waals surface area contributed by atoms with Crippen molar-refractivity contribution in [3.05, 3.63) is 53.3 Å². The molecule has 0 fully saturated rings. The Morgan fingerprint density at radius 1 is 1.21 bits per heavy atom. The van der Waals surface area contributed by atoms with Crippen molar-refractivity contribution in [2.45, 2.75) is 12.5 Å². The average molecular weight is 331 g/mol. The maximum absolute atomic E-state index is 13.4.